The van der Waals surface area contributed by atoms with Crippen molar-refractivity contribution in [3.63, 3.8) is 0 Å². The van der Waals surface area contributed by atoms with Crippen LogP contribution in [-0.2, 0) is 11.3 Å². The monoisotopic (exact) mass is 352 g/mol. The fourth-order valence-electron chi connectivity index (χ4n) is 2.89. The van der Waals surface area contributed by atoms with Gasteiger partial charge in [0.25, 0.3) is 0 Å². The van der Waals surface area contributed by atoms with Gasteiger partial charge < -0.3 is 15.8 Å². The summed E-state index contributed by atoms with van der Waals surface area (Å²) in [5.41, 5.74) is 5.54. The van der Waals surface area contributed by atoms with E-state index in [9.17, 15) is 18.0 Å². The summed E-state index contributed by atoms with van der Waals surface area (Å²) in [6, 6.07) is 3.66. The molecule has 1 saturated carbocycles. The van der Waals surface area contributed by atoms with Gasteiger partial charge >= 0.3 is 6.61 Å². The minimum atomic E-state index is -3.05. The molecular formula is C15H20ClF3N2O2. The second kappa shape index (κ2) is 8.98. The molecule has 0 spiro atoms. The summed E-state index contributed by atoms with van der Waals surface area (Å²) in [6.07, 6.45) is 2.57. The Kier molecular flexibility index (Phi) is 7.64. The Morgan fingerprint density at radius 1 is 1.39 bits per heavy atom. The Morgan fingerprint density at radius 3 is 2.78 bits per heavy atom. The second-order valence-corrected chi connectivity index (χ2v) is 5.35. The number of rotatable bonds is 6. The molecule has 4 nitrogen and oxygen atoms in total. The smallest absolute Gasteiger partial charge is 0.387 e. The van der Waals surface area contributed by atoms with Crippen LogP contribution in [0, 0.1) is 17.7 Å². The first-order chi connectivity index (χ1) is 10.5. The molecule has 3 N–H and O–H groups in total. The number of carbonyl (C=O) groups is 1. The first-order valence-electron chi connectivity index (χ1n) is 7.23. The summed E-state index contributed by atoms with van der Waals surface area (Å²) in [5, 5.41) is 2.60. The number of hydrogen-bond acceptors (Lipinski definition) is 3. The average molecular weight is 353 g/mol. The van der Waals surface area contributed by atoms with Crippen molar-refractivity contribution in [3.05, 3.63) is 29.6 Å². The molecule has 0 bridgehead atoms. The molecule has 1 aliphatic carbocycles. The molecule has 1 aromatic rings. The van der Waals surface area contributed by atoms with Crippen molar-refractivity contribution < 1.29 is 22.7 Å². The normalized spacial score (nSPS) is 20.2. The third-order valence-electron chi connectivity index (χ3n) is 4.03. The van der Waals surface area contributed by atoms with Crippen LogP contribution in [-0.4, -0.2) is 19.1 Å². The van der Waals surface area contributed by atoms with Gasteiger partial charge in [-0.2, -0.15) is 8.78 Å². The quantitative estimate of drug-likeness (QED) is 0.827. The predicted molar refractivity (Wildman–Crippen MR) is 82.0 cm³/mol. The van der Waals surface area contributed by atoms with Crippen LogP contribution >= 0.6 is 12.4 Å². The highest BCUT2D eigenvalue weighted by atomic mass is 35.5. The van der Waals surface area contributed by atoms with Crippen molar-refractivity contribution in [1.29, 1.82) is 0 Å². The van der Waals surface area contributed by atoms with E-state index in [2.05, 4.69) is 10.1 Å². The standard InChI is InChI=1S/C15H19F3N2O2.ClH/c16-12-5-2-6-13(22-15(17)18)11(12)8-20-14(21)10-4-1-3-9(10)7-19;/h2,5-6,9-10,15H,1,3-4,7-8,19H2,(H,20,21);1H/t9-,10-;/m1./s1. The summed E-state index contributed by atoms with van der Waals surface area (Å²) in [4.78, 5) is 12.2. The van der Waals surface area contributed by atoms with Gasteiger partial charge in [-0.15, -0.1) is 12.4 Å². The summed E-state index contributed by atoms with van der Waals surface area (Å²) in [6.45, 7) is -2.81. The summed E-state index contributed by atoms with van der Waals surface area (Å²) < 4.78 is 42.7. The summed E-state index contributed by atoms with van der Waals surface area (Å²) >= 11 is 0. The van der Waals surface area contributed by atoms with Gasteiger partial charge in [-0.05, 0) is 37.4 Å². The molecule has 23 heavy (non-hydrogen) atoms. The number of ether oxygens (including phenoxy) is 1. The highest BCUT2D eigenvalue weighted by Crippen LogP contribution is 2.31. The lowest BCUT2D eigenvalue weighted by molar-refractivity contribution is -0.126. The Balaban J connectivity index is 0.00000264. The van der Waals surface area contributed by atoms with E-state index >= 15 is 0 Å². The van der Waals surface area contributed by atoms with E-state index < -0.39 is 12.4 Å². The predicted octanol–water partition coefficient (Wildman–Crippen LogP) is 2.84. The third-order valence-corrected chi connectivity index (χ3v) is 4.03. The number of carbonyl (C=O) groups excluding carboxylic acids is 1. The number of hydrogen-bond donors (Lipinski definition) is 2. The Labute approximate surface area is 139 Å². The number of alkyl halides is 2. The molecule has 2 rings (SSSR count). The molecule has 1 amide bonds. The average Bonchev–Trinajstić information content (AvgIpc) is 2.94. The van der Waals surface area contributed by atoms with Gasteiger partial charge in [0.1, 0.15) is 11.6 Å². The molecular weight excluding hydrogens is 333 g/mol. The lowest BCUT2D eigenvalue weighted by Crippen LogP contribution is -2.35. The van der Waals surface area contributed by atoms with Crippen LogP contribution in [0.5, 0.6) is 5.75 Å². The molecule has 2 atom stereocenters. The number of benzene rings is 1. The van der Waals surface area contributed by atoms with Crippen LogP contribution in [0.4, 0.5) is 13.2 Å². The van der Waals surface area contributed by atoms with Gasteiger partial charge in [0.05, 0.1) is 0 Å². The van der Waals surface area contributed by atoms with Crippen molar-refractivity contribution in [2.24, 2.45) is 17.6 Å². The van der Waals surface area contributed by atoms with E-state index in [0.717, 1.165) is 25.3 Å². The maximum Gasteiger partial charge on any atom is 0.387 e. The fourth-order valence-corrected chi connectivity index (χ4v) is 2.89. The minimum Gasteiger partial charge on any atom is -0.434 e. The molecule has 0 saturated heterocycles. The van der Waals surface area contributed by atoms with Crippen LogP contribution in [0.25, 0.3) is 0 Å². The molecule has 1 fully saturated rings. The Hall–Kier alpha value is -1.47. The van der Waals surface area contributed by atoms with Gasteiger partial charge in [0.15, 0.2) is 0 Å². The lowest BCUT2D eigenvalue weighted by Gasteiger charge is -2.18. The van der Waals surface area contributed by atoms with E-state index in [1.165, 1.54) is 12.1 Å². The molecule has 0 unspecified atom stereocenters. The summed E-state index contributed by atoms with van der Waals surface area (Å²) in [5.74, 6) is -1.26. The molecule has 1 aromatic carbocycles. The SMILES string of the molecule is Cl.NC[C@H]1CCC[C@H]1C(=O)NCc1c(F)cccc1OC(F)F. The van der Waals surface area contributed by atoms with E-state index in [0.29, 0.717) is 6.54 Å². The van der Waals surface area contributed by atoms with Gasteiger partial charge in [-0.3, -0.25) is 4.79 Å². The van der Waals surface area contributed by atoms with Crippen molar-refractivity contribution in [2.75, 3.05) is 6.54 Å². The molecule has 0 aromatic heterocycles. The van der Waals surface area contributed by atoms with Gasteiger partial charge in [-0.25, -0.2) is 4.39 Å². The first-order valence-corrected chi connectivity index (χ1v) is 7.23. The molecule has 0 radical (unpaired) electrons. The van der Waals surface area contributed by atoms with Crippen LogP contribution in [0.2, 0.25) is 0 Å². The van der Waals surface area contributed by atoms with Gasteiger partial charge in [-0.1, -0.05) is 12.5 Å². The molecule has 130 valence electrons. The number of nitrogens with one attached hydrogen (secondary N) is 1. The maximum atomic E-state index is 13.8. The molecule has 0 heterocycles. The van der Waals surface area contributed by atoms with Crippen LogP contribution in [0.15, 0.2) is 18.2 Å². The third kappa shape index (κ3) is 5.00. The number of amides is 1. The Morgan fingerprint density at radius 2 is 2.13 bits per heavy atom. The topological polar surface area (TPSA) is 64.4 Å². The fraction of sp³-hybridized carbons (Fsp3) is 0.533. The second-order valence-electron chi connectivity index (χ2n) is 5.35. The zero-order valence-electron chi connectivity index (χ0n) is 12.4. The Bertz CT molecular complexity index is 531. The largest absolute Gasteiger partial charge is 0.434 e. The van der Waals surface area contributed by atoms with Gasteiger partial charge in [0, 0.05) is 18.0 Å². The molecule has 1 aliphatic rings. The van der Waals surface area contributed by atoms with E-state index in [4.69, 9.17) is 5.73 Å². The van der Waals surface area contributed by atoms with Crippen LogP contribution in [0.1, 0.15) is 24.8 Å². The lowest BCUT2D eigenvalue weighted by atomic mass is 9.95. The molecule has 8 heteroatoms. The van der Waals surface area contributed by atoms with E-state index in [-0.39, 0.29) is 48.0 Å². The molecule has 0 aliphatic heterocycles. The van der Waals surface area contributed by atoms with Crippen molar-refractivity contribution >= 4 is 18.3 Å². The highest BCUT2D eigenvalue weighted by Gasteiger charge is 2.31. The van der Waals surface area contributed by atoms with Crippen LogP contribution in [0.3, 0.4) is 0 Å². The van der Waals surface area contributed by atoms with Crippen molar-refractivity contribution in [2.45, 2.75) is 32.4 Å². The maximum absolute atomic E-state index is 13.8. The van der Waals surface area contributed by atoms with E-state index in [1.807, 2.05) is 0 Å². The summed E-state index contributed by atoms with van der Waals surface area (Å²) in [7, 11) is 0. The number of nitrogens with two attached hydrogens (primary N) is 1. The highest BCUT2D eigenvalue weighted by molar-refractivity contribution is 5.85. The minimum absolute atomic E-state index is 0. The number of halogens is 4. The zero-order chi connectivity index (χ0) is 16.1. The van der Waals surface area contributed by atoms with E-state index in [1.54, 1.807) is 0 Å². The van der Waals surface area contributed by atoms with Crippen molar-refractivity contribution in [1.82, 2.24) is 5.32 Å². The van der Waals surface area contributed by atoms with Gasteiger partial charge in [0.2, 0.25) is 5.91 Å². The first kappa shape index (κ1) is 19.6. The van der Waals surface area contributed by atoms with Crippen molar-refractivity contribution in [3.8, 4) is 5.75 Å². The zero-order valence-corrected chi connectivity index (χ0v) is 13.3. The van der Waals surface area contributed by atoms with Crippen LogP contribution < -0.4 is 15.8 Å².